The van der Waals surface area contributed by atoms with Gasteiger partial charge < -0.3 is 20.5 Å². The molecule has 7 nitrogen and oxygen atoms in total. The molecule has 0 saturated heterocycles. The van der Waals surface area contributed by atoms with E-state index in [4.69, 9.17) is 16.3 Å². The lowest BCUT2D eigenvalue weighted by Crippen LogP contribution is -2.37. The molecule has 1 aromatic carbocycles. The second-order valence-corrected chi connectivity index (χ2v) is 9.61. The molecule has 2 amide bonds. The van der Waals surface area contributed by atoms with Gasteiger partial charge in [0.15, 0.2) is 15.6 Å². The number of amides is 2. The number of ether oxygens (including phenoxy) is 1. The maximum absolute atomic E-state index is 12.9. The van der Waals surface area contributed by atoms with Gasteiger partial charge in [0, 0.05) is 13.2 Å². The highest BCUT2D eigenvalue weighted by Crippen LogP contribution is 2.41. The number of methoxy groups -OCH3 is 1. The zero-order valence-corrected chi connectivity index (χ0v) is 16.4. The Labute approximate surface area is 158 Å². The van der Waals surface area contributed by atoms with Crippen LogP contribution in [-0.4, -0.2) is 44.1 Å². The van der Waals surface area contributed by atoms with Gasteiger partial charge in [-0.05, 0) is 38.8 Å². The Hall–Kier alpha value is -1.77. The largest absolute Gasteiger partial charge is 0.504 e. The van der Waals surface area contributed by atoms with E-state index in [2.05, 4.69) is 10.6 Å². The quantitative estimate of drug-likeness (QED) is 0.501. The Kier molecular flexibility index (Phi) is 6.21. The van der Waals surface area contributed by atoms with Crippen molar-refractivity contribution >= 4 is 33.2 Å². The Morgan fingerprint density at radius 1 is 1.42 bits per heavy atom. The summed E-state index contributed by atoms with van der Waals surface area (Å²) in [5.41, 5.74) is -0.0410. The molecule has 1 aliphatic rings. The van der Waals surface area contributed by atoms with Gasteiger partial charge in [-0.3, -0.25) is 0 Å². The molecule has 9 heteroatoms. The fraction of sp³-hybridized carbons (Fsp3) is 0.471. The van der Waals surface area contributed by atoms with Crippen LogP contribution in [0, 0.1) is 0 Å². The van der Waals surface area contributed by atoms with Gasteiger partial charge in [-0.1, -0.05) is 23.8 Å². The van der Waals surface area contributed by atoms with E-state index in [0.29, 0.717) is 0 Å². The number of halogens is 1. The van der Waals surface area contributed by atoms with E-state index in [1.807, 2.05) is 12.2 Å². The van der Waals surface area contributed by atoms with Crippen LogP contribution in [0.15, 0.2) is 29.2 Å². The number of aromatic hydroxyl groups is 1. The molecule has 1 atom stereocenters. The van der Waals surface area contributed by atoms with Gasteiger partial charge in [0.05, 0.1) is 22.1 Å². The minimum absolute atomic E-state index is 0.0410. The van der Waals surface area contributed by atoms with Crippen molar-refractivity contribution in [1.82, 2.24) is 5.32 Å². The number of rotatable bonds is 6. The van der Waals surface area contributed by atoms with Crippen LogP contribution in [-0.2, 0) is 14.6 Å². The second kappa shape index (κ2) is 7.85. The number of carbonyl (C=O) groups excluding carboxylic acids is 1. The van der Waals surface area contributed by atoms with Gasteiger partial charge in [-0.25, -0.2) is 13.2 Å². The number of allylic oxidation sites excluding steroid dienone is 1. The van der Waals surface area contributed by atoms with E-state index in [0.717, 1.165) is 12.8 Å². The van der Waals surface area contributed by atoms with Crippen molar-refractivity contribution in [2.75, 3.05) is 19.0 Å². The van der Waals surface area contributed by atoms with E-state index in [-0.39, 0.29) is 23.4 Å². The minimum Gasteiger partial charge on any atom is -0.504 e. The summed E-state index contributed by atoms with van der Waals surface area (Å²) in [5, 5.41) is 15.6. The molecule has 1 aromatic rings. The van der Waals surface area contributed by atoms with E-state index in [1.165, 1.54) is 33.1 Å². The third-order valence-corrected chi connectivity index (χ3v) is 7.10. The summed E-state index contributed by atoms with van der Waals surface area (Å²) in [4.78, 5) is 11.7. The van der Waals surface area contributed by atoms with E-state index >= 15 is 0 Å². The predicted octanol–water partition coefficient (Wildman–Crippen LogP) is 3.08. The number of hydrogen-bond donors (Lipinski definition) is 3. The van der Waals surface area contributed by atoms with Crippen LogP contribution >= 0.6 is 11.6 Å². The molecule has 0 saturated carbocycles. The molecular weight excluding hydrogens is 380 g/mol. The smallest absolute Gasteiger partial charge is 0.319 e. The lowest BCUT2D eigenvalue weighted by Gasteiger charge is -2.25. The molecule has 1 unspecified atom stereocenters. The number of benzene rings is 1. The standard InChI is InChI=1S/C17H23ClN2O5S/c1-17(2,10-25-3)26(23,24)15-12(18)8-9-13(14(15)21)20-16(22)19-11-6-4-5-7-11/h4,6,8-9,11,21H,5,7,10H2,1-3H3,(H2,19,20,22). The van der Waals surface area contributed by atoms with E-state index in [1.54, 1.807) is 0 Å². The Balaban J connectivity index is 2.33. The monoisotopic (exact) mass is 402 g/mol. The molecule has 1 aliphatic carbocycles. The SMILES string of the molecule is COCC(C)(C)S(=O)(=O)c1c(Cl)ccc(NC(=O)NC2C=CCC2)c1O. The fourth-order valence-electron chi connectivity index (χ4n) is 2.68. The van der Waals surface area contributed by atoms with Gasteiger partial charge in [0.1, 0.15) is 4.90 Å². The van der Waals surface area contributed by atoms with Crippen molar-refractivity contribution in [2.24, 2.45) is 0 Å². The molecule has 26 heavy (non-hydrogen) atoms. The number of carbonyl (C=O) groups is 1. The Bertz CT molecular complexity index is 821. The first-order chi connectivity index (χ1) is 12.1. The zero-order chi connectivity index (χ0) is 19.5. The lowest BCUT2D eigenvalue weighted by molar-refractivity contribution is 0.175. The number of urea groups is 1. The topological polar surface area (TPSA) is 105 Å². The molecule has 0 bridgehead atoms. The number of phenols is 1. The average molecular weight is 403 g/mol. The summed E-state index contributed by atoms with van der Waals surface area (Å²) in [6.45, 7) is 2.86. The molecule has 2 rings (SSSR count). The molecule has 0 fully saturated rings. The predicted molar refractivity (Wildman–Crippen MR) is 101 cm³/mol. The van der Waals surface area contributed by atoms with Crippen molar-refractivity contribution in [3.05, 3.63) is 29.3 Å². The molecule has 0 spiro atoms. The highest BCUT2D eigenvalue weighted by atomic mass is 35.5. The third-order valence-electron chi connectivity index (χ3n) is 4.15. The van der Waals surface area contributed by atoms with E-state index < -0.39 is 31.3 Å². The van der Waals surface area contributed by atoms with Crippen LogP contribution in [0.2, 0.25) is 5.02 Å². The minimum atomic E-state index is -4.03. The van der Waals surface area contributed by atoms with Gasteiger partial charge in [0.2, 0.25) is 0 Å². The number of phenolic OH excluding ortho intramolecular Hbond substituents is 1. The summed E-state index contributed by atoms with van der Waals surface area (Å²) in [6, 6.07) is 2.04. The van der Waals surface area contributed by atoms with Gasteiger partial charge >= 0.3 is 6.03 Å². The van der Waals surface area contributed by atoms with Crippen molar-refractivity contribution < 1.29 is 23.1 Å². The molecule has 0 heterocycles. The average Bonchev–Trinajstić information content (AvgIpc) is 3.02. The maximum Gasteiger partial charge on any atom is 0.319 e. The van der Waals surface area contributed by atoms with Gasteiger partial charge in [-0.2, -0.15) is 0 Å². The van der Waals surface area contributed by atoms with Crippen LogP contribution < -0.4 is 10.6 Å². The second-order valence-electron chi connectivity index (χ2n) is 6.68. The first kappa shape index (κ1) is 20.5. The first-order valence-electron chi connectivity index (χ1n) is 8.09. The number of nitrogens with one attached hydrogen (secondary N) is 2. The lowest BCUT2D eigenvalue weighted by atomic mass is 10.2. The fourth-order valence-corrected chi connectivity index (χ4v) is 4.66. The van der Waals surface area contributed by atoms with Crippen molar-refractivity contribution in [1.29, 1.82) is 0 Å². The number of hydrogen-bond acceptors (Lipinski definition) is 5. The summed E-state index contributed by atoms with van der Waals surface area (Å²) in [5.74, 6) is -0.598. The van der Waals surface area contributed by atoms with Crippen LogP contribution in [0.5, 0.6) is 5.75 Å². The number of sulfone groups is 1. The first-order valence-corrected chi connectivity index (χ1v) is 9.95. The highest BCUT2D eigenvalue weighted by molar-refractivity contribution is 7.93. The number of anilines is 1. The summed E-state index contributed by atoms with van der Waals surface area (Å²) >= 11 is 6.05. The van der Waals surface area contributed by atoms with E-state index in [9.17, 15) is 18.3 Å². The highest BCUT2D eigenvalue weighted by Gasteiger charge is 2.40. The third kappa shape index (κ3) is 4.13. The van der Waals surface area contributed by atoms with Crippen LogP contribution in [0.1, 0.15) is 26.7 Å². The summed E-state index contributed by atoms with van der Waals surface area (Å²) in [7, 11) is -2.65. The zero-order valence-electron chi connectivity index (χ0n) is 14.9. The molecular formula is C17H23ClN2O5S. The van der Waals surface area contributed by atoms with Gasteiger partial charge in [-0.15, -0.1) is 0 Å². The van der Waals surface area contributed by atoms with Crippen LogP contribution in [0.4, 0.5) is 10.5 Å². The molecule has 0 aromatic heterocycles. The van der Waals surface area contributed by atoms with Crippen LogP contribution in [0.25, 0.3) is 0 Å². The Morgan fingerprint density at radius 2 is 2.12 bits per heavy atom. The van der Waals surface area contributed by atoms with Crippen LogP contribution in [0.3, 0.4) is 0 Å². The molecule has 0 radical (unpaired) electrons. The summed E-state index contributed by atoms with van der Waals surface area (Å²) in [6.07, 6.45) is 5.52. The molecule has 3 N–H and O–H groups in total. The summed E-state index contributed by atoms with van der Waals surface area (Å²) < 4.78 is 29.5. The maximum atomic E-state index is 12.9. The molecule has 144 valence electrons. The normalized spacial score (nSPS) is 17.3. The van der Waals surface area contributed by atoms with Crippen molar-refractivity contribution in [3.8, 4) is 5.75 Å². The van der Waals surface area contributed by atoms with Crippen molar-refractivity contribution in [2.45, 2.75) is 42.4 Å². The molecule has 0 aliphatic heterocycles. The Morgan fingerprint density at radius 3 is 2.69 bits per heavy atom. The van der Waals surface area contributed by atoms with Crippen molar-refractivity contribution in [3.63, 3.8) is 0 Å². The van der Waals surface area contributed by atoms with Gasteiger partial charge in [0.25, 0.3) is 0 Å².